The molecule has 3 aromatic carbocycles. The van der Waals surface area contributed by atoms with Crippen LogP contribution in [0.3, 0.4) is 0 Å². The Hall–Kier alpha value is -2.28. The molecule has 30 heavy (non-hydrogen) atoms. The van der Waals surface area contributed by atoms with E-state index in [9.17, 15) is 4.79 Å². The lowest BCUT2D eigenvalue weighted by molar-refractivity contribution is 0.756. The Bertz CT molecular complexity index is 1160. The minimum absolute atomic E-state index is 0.0867. The number of halogens is 1. The van der Waals surface area contributed by atoms with Gasteiger partial charge >= 0.3 is 0 Å². The van der Waals surface area contributed by atoms with Gasteiger partial charge in [-0.2, -0.15) is 9.78 Å². The van der Waals surface area contributed by atoms with Crippen LogP contribution in [-0.4, -0.2) is 9.78 Å². The molecule has 1 heterocycles. The van der Waals surface area contributed by atoms with Gasteiger partial charge < -0.3 is 0 Å². The van der Waals surface area contributed by atoms with E-state index in [1.807, 2.05) is 66.9 Å². The maximum absolute atomic E-state index is 13.4. The van der Waals surface area contributed by atoms with Crippen LogP contribution in [0.4, 0.5) is 0 Å². The van der Waals surface area contributed by atoms with E-state index in [-0.39, 0.29) is 5.56 Å². The molecule has 0 amide bonds. The van der Waals surface area contributed by atoms with E-state index in [2.05, 4.69) is 45.3 Å². The van der Waals surface area contributed by atoms with Crippen molar-refractivity contribution in [2.75, 3.05) is 0 Å². The predicted molar refractivity (Wildman–Crippen MR) is 130 cm³/mol. The zero-order valence-corrected chi connectivity index (χ0v) is 19.3. The summed E-state index contributed by atoms with van der Waals surface area (Å²) >= 11 is 6.66. The van der Waals surface area contributed by atoms with Gasteiger partial charge in [0.05, 0.1) is 16.8 Å². The summed E-state index contributed by atoms with van der Waals surface area (Å²) in [6.45, 7) is 0. The topological polar surface area (TPSA) is 34.9 Å². The Morgan fingerprint density at radius 1 is 0.767 bits per heavy atom. The maximum atomic E-state index is 13.4. The van der Waals surface area contributed by atoms with Gasteiger partial charge in [0, 0.05) is 20.9 Å². The fourth-order valence-electron chi connectivity index (χ4n) is 2.89. The van der Waals surface area contributed by atoms with Crippen LogP contribution >= 0.6 is 39.5 Å². The van der Waals surface area contributed by atoms with Crippen molar-refractivity contribution in [3.8, 4) is 5.69 Å². The lowest BCUT2D eigenvalue weighted by Crippen LogP contribution is -2.23. The van der Waals surface area contributed by atoms with Crippen molar-refractivity contribution in [1.82, 2.24) is 9.78 Å². The number of rotatable bonds is 7. The largest absolute Gasteiger partial charge is 0.286 e. The van der Waals surface area contributed by atoms with Crippen LogP contribution in [-0.2, 0) is 11.5 Å². The van der Waals surface area contributed by atoms with Crippen molar-refractivity contribution >= 4 is 39.5 Å². The second-order valence-corrected chi connectivity index (χ2v) is 9.50. The van der Waals surface area contributed by atoms with Gasteiger partial charge in [-0.25, -0.2) is 0 Å². The SMILES string of the molecule is O=c1c(SCc2ccccc2)c(SCc2ccccc2)cnn1-c1ccc(Br)cc1. The molecule has 0 aliphatic rings. The standard InChI is InChI=1S/C24H19BrN2OS2/c25-20-11-13-21(14-12-20)27-24(28)23(30-17-19-9-5-2-6-10-19)22(15-26-27)29-16-18-7-3-1-4-8-18/h1-15H,16-17H2. The second kappa shape index (κ2) is 10.2. The number of nitrogens with zero attached hydrogens (tertiary/aromatic N) is 2. The minimum atomic E-state index is -0.0867. The Labute approximate surface area is 192 Å². The number of benzene rings is 3. The summed E-state index contributed by atoms with van der Waals surface area (Å²) in [6.07, 6.45) is 1.81. The number of thioether (sulfide) groups is 2. The molecule has 0 aliphatic carbocycles. The third kappa shape index (κ3) is 5.25. The van der Waals surface area contributed by atoms with Gasteiger partial charge in [0.2, 0.25) is 0 Å². The lowest BCUT2D eigenvalue weighted by Gasteiger charge is -2.12. The third-order valence-corrected chi connectivity index (χ3v) is 7.35. The van der Waals surface area contributed by atoms with E-state index in [1.165, 1.54) is 15.8 Å². The minimum Gasteiger partial charge on any atom is -0.266 e. The van der Waals surface area contributed by atoms with Gasteiger partial charge in [0.1, 0.15) is 0 Å². The van der Waals surface area contributed by atoms with Crippen LogP contribution in [0.1, 0.15) is 11.1 Å². The Kier molecular flexibility index (Phi) is 7.10. The van der Waals surface area contributed by atoms with Gasteiger partial charge in [0.15, 0.2) is 0 Å². The first kappa shape index (κ1) is 21.0. The van der Waals surface area contributed by atoms with E-state index in [4.69, 9.17) is 0 Å². The fraction of sp³-hybridized carbons (Fsp3) is 0.0833. The summed E-state index contributed by atoms with van der Waals surface area (Å²) in [5.74, 6) is 1.53. The van der Waals surface area contributed by atoms with Crippen molar-refractivity contribution < 1.29 is 0 Å². The van der Waals surface area contributed by atoms with Gasteiger partial charge in [0.25, 0.3) is 5.56 Å². The van der Waals surface area contributed by atoms with E-state index in [0.717, 1.165) is 31.5 Å². The van der Waals surface area contributed by atoms with Crippen LogP contribution in [0.15, 0.2) is 110 Å². The molecular weight excluding hydrogens is 476 g/mol. The average Bonchev–Trinajstić information content (AvgIpc) is 2.79. The quantitative estimate of drug-likeness (QED) is 0.271. The molecule has 0 fully saturated rings. The number of aromatic nitrogens is 2. The molecule has 0 radical (unpaired) electrons. The second-order valence-electron chi connectivity index (χ2n) is 6.58. The monoisotopic (exact) mass is 494 g/mol. The van der Waals surface area contributed by atoms with Crippen LogP contribution in [0.25, 0.3) is 5.69 Å². The van der Waals surface area contributed by atoms with Crippen molar-refractivity contribution in [3.63, 3.8) is 0 Å². The van der Waals surface area contributed by atoms with E-state index >= 15 is 0 Å². The number of hydrogen-bond acceptors (Lipinski definition) is 4. The molecular formula is C24H19BrN2OS2. The molecule has 0 aliphatic heterocycles. The summed E-state index contributed by atoms with van der Waals surface area (Å²) < 4.78 is 2.44. The maximum Gasteiger partial charge on any atom is 0.286 e. The Morgan fingerprint density at radius 2 is 1.33 bits per heavy atom. The summed E-state index contributed by atoms with van der Waals surface area (Å²) in [7, 11) is 0. The summed E-state index contributed by atoms with van der Waals surface area (Å²) in [4.78, 5) is 15.0. The molecule has 0 N–H and O–H groups in total. The molecule has 0 atom stereocenters. The molecule has 0 unspecified atom stereocenters. The first-order valence-electron chi connectivity index (χ1n) is 9.42. The van der Waals surface area contributed by atoms with Crippen LogP contribution < -0.4 is 5.56 Å². The highest BCUT2D eigenvalue weighted by molar-refractivity contribution is 9.10. The number of hydrogen-bond donors (Lipinski definition) is 0. The smallest absolute Gasteiger partial charge is 0.266 e. The molecule has 0 bridgehead atoms. The van der Waals surface area contributed by atoms with E-state index < -0.39 is 0 Å². The van der Waals surface area contributed by atoms with E-state index in [1.54, 1.807) is 23.5 Å². The van der Waals surface area contributed by atoms with Gasteiger partial charge in [-0.3, -0.25) is 4.79 Å². The summed E-state index contributed by atoms with van der Waals surface area (Å²) in [5, 5.41) is 4.46. The zero-order chi connectivity index (χ0) is 20.8. The Balaban J connectivity index is 1.66. The van der Waals surface area contributed by atoms with Gasteiger partial charge in [-0.1, -0.05) is 76.6 Å². The average molecular weight is 495 g/mol. The Morgan fingerprint density at radius 3 is 1.93 bits per heavy atom. The van der Waals surface area contributed by atoms with Gasteiger partial charge in [-0.05, 0) is 35.4 Å². The first-order valence-corrected chi connectivity index (χ1v) is 12.2. The molecule has 6 heteroatoms. The van der Waals surface area contributed by atoms with E-state index in [0.29, 0.717) is 0 Å². The highest BCUT2D eigenvalue weighted by Crippen LogP contribution is 2.32. The molecule has 4 rings (SSSR count). The summed E-state index contributed by atoms with van der Waals surface area (Å²) in [5.41, 5.74) is 3.08. The molecule has 0 saturated carbocycles. The van der Waals surface area contributed by atoms with Crippen molar-refractivity contribution in [1.29, 1.82) is 0 Å². The fourth-order valence-corrected chi connectivity index (χ4v) is 5.27. The highest BCUT2D eigenvalue weighted by Gasteiger charge is 2.14. The lowest BCUT2D eigenvalue weighted by atomic mass is 10.2. The zero-order valence-electron chi connectivity index (χ0n) is 16.1. The van der Waals surface area contributed by atoms with Crippen LogP contribution in [0.5, 0.6) is 0 Å². The van der Waals surface area contributed by atoms with Crippen LogP contribution in [0.2, 0.25) is 0 Å². The van der Waals surface area contributed by atoms with Crippen molar-refractivity contribution in [2.45, 2.75) is 21.3 Å². The van der Waals surface area contributed by atoms with Gasteiger partial charge in [-0.15, -0.1) is 23.5 Å². The third-order valence-electron chi connectivity index (χ3n) is 4.44. The molecule has 150 valence electrons. The molecule has 1 aromatic heterocycles. The molecule has 3 nitrogen and oxygen atoms in total. The highest BCUT2D eigenvalue weighted by atomic mass is 79.9. The van der Waals surface area contributed by atoms with Crippen molar-refractivity contribution in [3.05, 3.63) is 117 Å². The normalized spacial score (nSPS) is 10.8. The molecule has 4 aromatic rings. The van der Waals surface area contributed by atoms with Crippen LogP contribution in [0, 0.1) is 0 Å². The summed E-state index contributed by atoms with van der Waals surface area (Å²) in [6, 6.07) is 28.1. The molecule has 0 saturated heterocycles. The molecule has 0 spiro atoms. The van der Waals surface area contributed by atoms with Crippen molar-refractivity contribution in [2.24, 2.45) is 0 Å². The predicted octanol–water partition coefficient (Wildman–Crippen LogP) is 6.58. The first-order chi connectivity index (χ1) is 14.7.